The Morgan fingerprint density at radius 1 is 1.25 bits per heavy atom. The molecule has 0 aliphatic heterocycles. The highest BCUT2D eigenvalue weighted by Crippen LogP contribution is 2.28. The van der Waals surface area contributed by atoms with E-state index in [9.17, 15) is 0 Å². The first kappa shape index (κ1) is 16.7. The molecule has 1 N–H and O–H groups in total. The fourth-order valence-electron chi connectivity index (χ4n) is 2.13. The molecule has 2 aromatic carbocycles. The van der Waals surface area contributed by atoms with Gasteiger partial charge in [-0.3, -0.25) is 0 Å². The highest BCUT2D eigenvalue weighted by Gasteiger charge is 2.12. The number of hydrogen-bond acceptors (Lipinski definition) is 4. The van der Waals surface area contributed by atoms with Crippen LogP contribution in [0.1, 0.15) is 5.56 Å². The second-order valence-electron chi connectivity index (χ2n) is 4.77. The molecule has 3 aromatic rings. The Morgan fingerprint density at radius 2 is 2.04 bits per heavy atom. The molecule has 0 radical (unpaired) electrons. The summed E-state index contributed by atoms with van der Waals surface area (Å²) in [6.45, 7) is 0. The molecule has 0 aliphatic rings. The van der Waals surface area contributed by atoms with Gasteiger partial charge in [-0.25, -0.2) is 5.10 Å². The van der Waals surface area contributed by atoms with Crippen molar-refractivity contribution in [1.29, 1.82) is 0 Å². The molecule has 3 rings (SSSR count). The zero-order valence-corrected chi connectivity index (χ0v) is 14.9. The highest BCUT2D eigenvalue weighted by molar-refractivity contribution is 7.71. The lowest BCUT2D eigenvalue weighted by atomic mass is 10.2. The van der Waals surface area contributed by atoms with Crippen LogP contribution in [-0.2, 0) is 0 Å². The number of rotatable bonds is 4. The monoisotopic (exact) mass is 378 g/mol. The third kappa shape index (κ3) is 3.36. The summed E-state index contributed by atoms with van der Waals surface area (Å²) < 4.78 is 7.24. The Bertz CT molecular complexity index is 965. The second-order valence-corrected chi connectivity index (χ2v) is 6.01. The number of nitrogens with zero attached hydrogens (tertiary/aromatic N) is 3. The van der Waals surface area contributed by atoms with Crippen LogP contribution in [0.2, 0.25) is 10.0 Å². The number of benzene rings is 2. The van der Waals surface area contributed by atoms with Crippen molar-refractivity contribution >= 4 is 41.6 Å². The first-order chi connectivity index (χ1) is 11.6. The topological polar surface area (TPSA) is 55.2 Å². The van der Waals surface area contributed by atoms with Gasteiger partial charge in [0, 0.05) is 10.6 Å². The van der Waals surface area contributed by atoms with Gasteiger partial charge in [0.25, 0.3) is 0 Å². The van der Waals surface area contributed by atoms with E-state index in [-0.39, 0.29) is 0 Å². The number of H-pyrrole nitrogens is 1. The Hall–Kier alpha value is -2.15. The molecule has 1 aromatic heterocycles. The van der Waals surface area contributed by atoms with Gasteiger partial charge in [-0.1, -0.05) is 41.4 Å². The van der Waals surface area contributed by atoms with Crippen LogP contribution in [0, 0.1) is 4.77 Å². The van der Waals surface area contributed by atoms with Crippen LogP contribution >= 0.6 is 35.4 Å². The number of hydrogen-bond donors (Lipinski definition) is 1. The SMILES string of the molecule is COc1ccccc1-c1n[nH]c(=S)n1/N=C\c1ccc(Cl)cc1Cl. The zero-order valence-electron chi connectivity index (χ0n) is 12.5. The summed E-state index contributed by atoms with van der Waals surface area (Å²) in [5, 5.41) is 12.4. The van der Waals surface area contributed by atoms with Gasteiger partial charge in [0.15, 0.2) is 5.82 Å². The molecule has 0 amide bonds. The molecule has 0 aliphatic carbocycles. The average molecular weight is 379 g/mol. The number of halogens is 2. The molecular formula is C16H12Cl2N4OS. The predicted octanol–water partition coefficient (Wildman–Crippen LogP) is 4.81. The Morgan fingerprint density at radius 3 is 2.79 bits per heavy atom. The molecule has 0 fully saturated rings. The summed E-state index contributed by atoms with van der Waals surface area (Å²) >= 11 is 17.3. The Labute approximate surface area is 153 Å². The van der Waals surface area contributed by atoms with Gasteiger partial charge < -0.3 is 4.74 Å². The van der Waals surface area contributed by atoms with Crippen molar-refractivity contribution in [1.82, 2.24) is 14.9 Å². The summed E-state index contributed by atoms with van der Waals surface area (Å²) in [5.74, 6) is 1.21. The number of methoxy groups -OCH3 is 1. The van der Waals surface area contributed by atoms with Crippen molar-refractivity contribution in [2.45, 2.75) is 0 Å². The normalized spacial score (nSPS) is 11.1. The number of ether oxygens (including phenoxy) is 1. The van der Waals surface area contributed by atoms with Crippen LogP contribution in [0.15, 0.2) is 47.6 Å². The van der Waals surface area contributed by atoms with Crippen molar-refractivity contribution in [3.63, 3.8) is 0 Å². The van der Waals surface area contributed by atoms with Crippen molar-refractivity contribution in [3.8, 4) is 17.1 Å². The molecule has 5 nitrogen and oxygen atoms in total. The minimum atomic E-state index is 0.359. The third-order valence-corrected chi connectivity index (χ3v) is 4.10. The first-order valence-electron chi connectivity index (χ1n) is 6.90. The largest absolute Gasteiger partial charge is 0.496 e. The number of nitrogens with one attached hydrogen (secondary N) is 1. The quantitative estimate of drug-likeness (QED) is 0.523. The van der Waals surface area contributed by atoms with Crippen LogP contribution < -0.4 is 4.74 Å². The zero-order chi connectivity index (χ0) is 17.1. The molecule has 0 saturated carbocycles. The van der Waals surface area contributed by atoms with Crippen LogP contribution in [-0.4, -0.2) is 28.2 Å². The van der Waals surface area contributed by atoms with Crippen molar-refractivity contribution in [2.75, 3.05) is 7.11 Å². The third-order valence-electron chi connectivity index (χ3n) is 3.27. The van der Waals surface area contributed by atoms with E-state index >= 15 is 0 Å². The number of para-hydroxylation sites is 1. The van der Waals surface area contributed by atoms with Crippen LogP contribution in [0.5, 0.6) is 5.75 Å². The average Bonchev–Trinajstić information content (AvgIpc) is 2.94. The van der Waals surface area contributed by atoms with Gasteiger partial charge in [0.05, 0.1) is 23.9 Å². The van der Waals surface area contributed by atoms with E-state index in [1.807, 2.05) is 24.3 Å². The summed E-state index contributed by atoms with van der Waals surface area (Å²) in [5.41, 5.74) is 1.49. The Kier molecular flexibility index (Phi) is 4.99. The maximum absolute atomic E-state index is 6.16. The van der Waals surface area contributed by atoms with Gasteiger partial charge in [0.2, 0.25) is 4.77 Å². The fourth-order valence-corrected chi connectivity index (χ4v) is 2.77. The summed E-state index contributed by atoms with van der Waals surface area (Å²) in [4.78, 5) is 0. The van der Waals surface area contributed by atoms with E-state index in [1.165, 1.54) is 4.68 Å². The van der Waals surface area contributed by atoms with E-state index in [4.69, 9.17) is 40.2 Å². The lowest BCUT2D eigenvalue weighted by Crippen LogP contribution is -1.97. The van der Waals surface area contributed by atoms with Gasteiger partial charge >= 0.3 is 0 Å². The molecule has 0 unspecified atom stereocenters. The summed E-state index contributed by atoms with van der Waals surface area (Å²) in [6, 6.07) is 12.7. The standard InChI is InChI=1S/C16H12Cl2N4OS/c1-23-14-5-3-2-4-12(14)15-20-21-16(24)22(15)19-9-10-6-7-11(17)8-13(10)18/h2-9H,1H3,(H,21,24)/b19-9-. The van der Waals surface area contributed by atoms with E-state index in [1.54, 1.807) is 31.5 Å². The summed E-state index contributed by atoms with van der Waals surface area (Å²) in [6.07, 6.45) is 1.60. The minimum Gasteiger partial charge on any atom is -0.496 e. The van der Waals surface area contributed by atoms with Crippen LogP contribution in [0.4, 0.5) is 0 Å². The summed E-state index contributed by atoms with van der Waals surface area (Å²) in [7, 11) is 1.60. The molecule has 0 bridgehead atoms. The fraction of sp³-hybridized carbons (Fsp3) is 0.0625. The number of aromatic amines is 1. The van der Waals surface area contributed by atoms with Crippen molar-refractivity contribution in [2.24, 2.45) is 5.10 Å². The second kappa shape index (κ2) is 7.17. The van der Waals surface area contributed by atoms with E-state index < -0.39 is 0 Å². The van der Waals surface area contributed by atoms with Gasteiger partial charge in [0.1, 0.15) is 5.75 Å². The van der Waals surface area contributed by atoms with Crippen molar-refractivity contribution < 1.29 is 4.74 Å². The van der Waals surface area contributed by atoms with Crippen LogP contribution in [0.25, 0.3) is 11.4 Å². The van der Waals surface area contributed by atoms with Gasteiger partial charge in [-0.2, -0.15) is 14.9 Å². The molecule has 0 saturated heterocycles. The molecule has 1 heterocycles. The van der Waals surface area contributed by atoms with Gasteiger partial charge in [-0.05, 0) is 36.5 Å². The molecule has 0 atom stereocenters. The first-order valence-corrected chi connectivity index (χ1v) is 8.07. The van der Waals surface area contributed by atoms with Crippen molar-refractivity contribution in [3.05, 3.63) is 62.8 Å². The molecule has 8 heteroatoms. The lowest BCUT2D eigenvalue weighted by molar-refractivity contribution is 0.416. The minimum absolute atomic E-state index is 0.359. The van der Waals surface area contributed by atoms with E-state index in [0.29, 0.717) is 26.4 Å². The van der Waals surface area contributed by atoms with Gasteiger partial charge in [-0.15, -0.1) is 0 Å². The smallest absolute Gasteiger partial charge is 0.216 e. The molecule has 24 heavy (non-hydrogen) atoms. The lowest BCUT2D eigenvalue weighted by Gasteiger charge is -2.07. The predicted molar refractivity (Wildman–Crippen MR) is 98.9 cm³/mol. The van der Waals surface area contributed by atoms with Crippen LogP contribution in [0.3, 0.4) is 0 Å². The highest BCUT2D eigenvalue weighted by atomic mass is 35.5. The molecular weight excluding hydrogens is 367 g/mol. The van der Waals surface area contributed by atoms with E-state index in [2.05, 4.69) is 15.3 Å². The molecule has 0 spiro atoms. The maximum Gasteiger partial charge on any atom is 0.216 e. The molecule has 122 valence electrons. The van der Waals surface area contributed by atoms with E-state index in [0.717, 1.165) is 11.1 Å². The Balaban J connectivity index is 2.05. The number of aromatic nitrogens is 3. The maximum atomic E-state index is 6.16.